The number of carboxylic acids is 1. The van der Waals surface area contributed by atoms with Crippen LogP contribution in [-0.4, -0.2) is 47.7 Å². The lowest BCUT2D eigenvalue weighted by molar-refractivity contribution is -0.159. The Bertz CT molecular complexity index is 743. The number of nitrogens with zero attached hydrogens (tertiary/aromatic N) is 1. The van der Waals surface area contributed by atoms with Gasteiger partial charge in [-0.15, -0.1) is 0 Å². The Morgan fingerprint density at radius 1 is 1.17 bits per heavy atom. The summed E-state index contributed by atoms with van der Waals surface area (Å²) < 4.78 is 5.14. The minimum Gasteiger partial charge on any atom is -0.479 e. The highest BCUT2D eigenvalue weighted by atomic mass is 16.5. The maximum atomic E-state index is 12.2. The normalized spacial score (nSPS) is 17.8. The van der Waals surface area contributed by atoms with Gasteiger partial charge in [-0.25, -0.2) is 4.79 Å². The Labute approximate surface area is 140 Å². The van der Waals surface area contributed by atoms with E-state index in [0.29, 0.717) is 13.0 Å². The molecule has 2 aromatic rings. The molecule has 1 amide bonds. The second-order valence-corrected chi connectivity index (χ2v) is 6.07. The molecular weight excluding hydrogens is 306 g/mol. The number of carbonyl (C=O) groups is 2. The number of fused-ring (bicyclic) bond motifs is 1. The quantitative estimate of drug-likeness (QED) is 0.916. The molecule has 5 heteroatoms. The van der Waals surface area contributed by atoms with Crippen LogP contribution in [0.15, 0.2) is 42.5 Å². The third-order valence-electron chi connectivity index (χ3n) is 4.36. The molecule has 24 heavy (non-hydrogen) atoms. The maximum absolute atomic E-state index is 12.2. The van der Waals surface area contributed by atoms with Gasteiger partial charge in [0.1, 0.15) is 0 Å². The number of hydrogen-bond donors (Lipinski definition) is 1. The number of amides is 1. The molecule has 0 radical (unpaired) electrons. The van der Waals surface area contributed by atoms with Crippen LogP contribution in [0.4, 0.5) is 0 Å². The Balaban J connectivity index is 1.51. The van der Waals surface area contributed by atoms with Crippen molar-refractivity contribution in [2.45, 2.75) is 25.4 Å². The van der Waals surface area contributed by atoms with Gasteiger partial charge >= 0.3 is 5.97 Å². The number of hydrogen-bond acceptors (Lipinski definition) is 3. The summed E-state index contributed by atoms with van der Waals surface area (Å²) in [5.41, 5.74) is 1.21. The van der Waals surface area contributed by atoms with Crippen molar-refractivity contribution < 1.29 is 19.4 Å². The molecule has 0 bridgehead atoms. The first-order valence-corrected chi connectivity index (χ1v) is 8.23. The molecule has 126 valence electrons. The van der Waals surface area contributed by atoms with Gasteiger partial charge in [-0.2, -0.15) is 0 Å². The number of carboxylic acid groups (broad SMARTS) is 1. The number of aryl methyl sites for hydroxylation is 1. The lowest BCUT2D eigenvalue weighted by Gasteiger charge is -2.30. The molecule has 0 saturated carbocycles. The van der Waals surface area contributed by atoms with E-state index in [1.54, 1.807) is 4.90 Å². The molecule has 0 aromatic heterocycles. The fourth-order valence-electron chi connectivity index (χ4n) is 3.02. The first-order chi connectivity index (χ1) is 11.6. The Kier molecular flexibility index (Phi) is 5.11. The number of carbonyl (C=O) groups excluding carboxylic acids is 1. The molecule has 1 unspecified atom stereocenters. The smallest absolute Gasteiger partial charge is 0.334 e. The molecule has 2 aromatic carbocycles. The molecule has 5 nitrogen and oxygen atoms in total. The minimum atomic E-state index is -1.01. The summed E-state index contributed by atoms with van der Waals surface area (Å²) in [7, 11) is 0. The fraction of sp³-hybridized carbons (Fsp3) is 0.368. The lowest BCUT2D eigenvalue weighted by Crippen LogP contribution is -2.48. The van der Waals surface area contributed by atoms with E-state index in [-0.39, 0.29) is 19.1 Å². The van der Waals surface area contributed by atoms with Gasteiger partial charge in [-0.3, -0.25) is 4.79 Å². The molecule has 1 aliphatic rings. The highest BCUT2D eigenvalue weighted by Gasteiger charge is 2.28. The summed E-state index contributed by atoms with van der Waals surface area (Å²) in [5.74, 6) is -1.01. The van der Waals surface area contributed by atoms with Crippen LogP contribution in [0, 0.1) is 0 Å². The summed E-state index contributed by atoms with van der Waals surface area (Å²) in [4.78, 5) is 24.8. The molecule has 1 aliphatic heterocycles. The second-order valence-electron chi connectivity index (χ2n) is 6.07. The average Bonchev–Trinajstić information content (AvgIpc) is 2.61. The van der Waals surface area contributed by atoms with Crippen molar-refractivity contribution in [3.05, 3.63) is 48.0 Å². The Hall–Kier alpha value is -2.40. The zero-order valence-corrected chi connectivity index (χ0v) is 13.5. The number of benzene rings is 2. The van der Waals surface area contributed by atoms with E-state index in [2.05, 4.69) is 30.3 Å². The molecule has 1 fully saturated rings. The fourth-order valence-corrected chi connectivity index (χ4v) is 3.02. The molecule has 1 N–H and O–H groups in total. The number of aliphatic carboxylic acids is 1. The highest BCUT2D eigenvalue weighted by Crippen LogP contribution is 2.17. The van der Waals surface area contributed by atoms with E-state index < -0.39 is 12.1 Å². The van der Waals surface area contributed by atoms with Crippen molar-refractivity contribution in [1.82, 2.24) is 4.90 Å². The number of rotatable bonds is 5. The van der Waals surface area contributed by atoms with Gasteiger partial charge in [-0.1, -0.05) is 42.5 Å². The predicted molar refractivity (Wildman–Crippen MR) is 90.8 cm³/mol. The Morgan fingerprint density at radius 3 is 2.75 bits per heavy atom. The van der Waals surface area contributed by atoms with Crippen LogP contribution in [-0.2, 0) is 20.7 Å². The van der Waals surface area contributed by atoms with Crippen LogP contribution >= 0.6 is 0 Å². The monoisotopic (exact) mass is 327 g/mol. The van der Waals surface area contributed by atoms with Crippen molar-refractivity contribution >= 4 is 22.6 Å². The summed E-state index contributed by atoms with van der Waals surface area (Å²) in [6.07, 6.45) is 1.12. The van der Waals surface area contributed by atoms with Crippen LogP contribution in [0.1, 0.15) is 18.4 Å². The van der Waals surface area contributed by atoms with Crippen LogP contribution in [0.2, 0.25) is 0 Å². The lowest BCUT2D eigenvalue weighted by atomic mass is 10.0. The summed E-state index contributed by atoms with van der Waals surface area (Å²) in [6, 6.07) is 14.6. The van der Waals surface area contributed by atoms with Gasteiger partial charge in [0, 0.05) is 13.0 Å². The molecule has 0 spiro atoms. The Morgan fingerprint density at radius 2 is 1.96 bits per heavy atom. The zero-order valence-electron chi connectivity index (χ0n) is 13.5. The zero-order chi connectivity index (χ0) is 16.9. The highest BCUT2D eigenvalue weighted by molar-refractivity contribution is 5.83. The summed E-state index contributed by atoms with van der Waals surface area (Å²) in [5, 5.41) is 11.4. The van der Waals surface area contributed by atoms with E-state index in [0.717, 1.165) is 12.8 Å². The predicted octanol–water partition coefficient (Wildman–Crippen LogP) is 2.47. The van der Waals surface area contributed by atoms with E-state index in [1.807, 2.05) is 12.1 Å². The summed E-state index contributed by atoms with van der Waals surface area (Å²) >= 11 is 0. The van der Waals surface area contributed by atoms with Gasteiger partial charge < -0.3 is 14.7 Å². The minimum absolute atomic E-state index is 0.00494. The van der Waals surface area contributed by atoms with Crippen LogP contribution in [0.5, 0.6) is 0 Å². The average molecular weight is 327 g/mol. The molecular formula is C19H21NO4. The number of ether oxygens (including phenoxy) is 1. The largest absolute Gasteiger partial charge is 0.479 e. The van der Waals surface area contributed by atoms with Crippen LogP contribution in [0.3, 0.4) is 0 Å². The van der Waals surface area contributed by atoms with Crippen molar-refractivity contribution in [1.29, 1.82) is 0 Å². The third-order valence-corrected chi connectivity index (χ3v) is 4.36. The van der Waals surface area contributed by atoms with Gasteiger partial charge in [-0.05, 0) is 29.2 Å². The molecule has 1 saturated heterocycles. The number of morpholine rings is 1. The topological polar surface area (TPSA) is 66.8 Å². The standard InChI is InChI=1S/C19H21NO4/c21-18(20-10-11-24-17(13-20)19(22)23)7-3-4-14-8-9-15-5-1-2-6-16(15)12-14/h1-2,5-6,8-9,12,17H,3-4,7,10-11,13H2,(H,22,23). The first kappa shape index (κ1) is 16.5. The molecule has 0 aliphatic carbocycles. The van der Waals surface area contributed by atoms with Gasteiger partial charge in [0.2, 0.25) is 5.91 Å². The SMILES string of the molecule is O=C(O)C1CN(C(=O)CCCc2ccc3ccccc3c2)CCO1. The third kappa shape index (κ3) is 3.92. The van der Waals surface area contributed by atoms with E-state index in [1.165, 1.54) is 16.3 Å². The molecule has 1 atom stereocenters. The summed E-state index contributed by atoms with van der Waals surface area (Å²) in [6.45, 7) is 0.899. The van der Waals surface area contributed by atoms with Crippen molar-refractivity contribution in [3.63, 3.8) is 0 Å². The molecule has 3 rings (SSSR count). The van der Waals surface area contributed by atoms with Crippen molar-refractivity contribution in [2.75, 3.05) is 19.7 Å². The van der Waals surface area contributed by atoms with Crippen molar-refractivity contribution in [2.24, 2.45) is 0 Å². The second kappa shape index (κ2) is 7.45. The van der Waals surface area contributed by atoms with Crippen molar-refractivity contribution in [3.8, 4) is 0 Å². The van der Waals surface area contributed by atoms with Crippen LogP contribution < -0.4 is 0 Å². The van der Waals surface area contributed by atoms with E-state index in [4.69, 9.17) is 9.84 Å². The van der Waals surface area contributed by atoms with E-state index in [9.17, 15) is 9.59 Å². The van der Waals surface area contributed by atoms with Crippen LogP contribution in [0.25, 0.3) is 10.8 Å². The molecule has 1 heterocycles. The van der Waals surface area contributed by atoms with Gasteiger partial charge in [0.25, 0.3) is 0 Å². The first-order valence-electron chi connectivity index (χ1n) is 8.23. The van der Waals surface area contributed by atoms with Gasteiger partial charge in [0.05, 0.1) is 13.2 Å². The van der Waals surface area contributed by atoms with Gasteiger partial charge in [0.15, 0.2) is 6.10 Å². The maximum Gasteiger partial charge on any atom is 0.334 e. The van der Waals surface area contributed by atoms with E-state index >= 15 is 0 Å².